The average Bonchev–Trinajstić information content (AvgIpc) is 2.83. The minimum absolute atomic E-state index is 0.461. The van der Waals surface area contributed by atoms with Crippen LogP contribution in [0.25, 0.3) is 16.5 Å². The first-order valence-corrected chi connectivity index (χ1v) is 7.02. The molecule has 0 bridgehead atoms. The summed E-state index contributed by atoms with van der Waals surface area (Å²) in [5.74, 6) is 0. The van der Waals surface area contributed by atoms with Gasteiger partial charge in [-0.05, 0) is 43.0 Å². The van der Waals surface area contributed by atoms with Crippen molar-refractivity contribution < 1.29 is 0 Å². The third-order valence-corrected chi connectivity index (χ3v) is 4.38. The fourth-order valence-corrected chi connectivity index (χ4v) is 3.42. The van der Waals surface area contributed by atoms with Crippen LogP contribution in [0.3, 0.4) is 0 Å². The lowest BCUT2D eigenvalue weighted by Gasteiger charge is -2.24. The van der Waals surface area contributed by atoms with Crippen LogP contribution in [0.2, 0.25) is 0 Å². The third kappa shape index (κ3) is 1.79. The number of rotatable bonds is 1. The van der Waals surface area contributed by atoms with Gasteiger partial charge in [0.2, 0.25) is 0 Å². The van der Waals surface area contributed by atoms with Crippen LogP contribution in [0.1, 0.15) is 25.1 Å². The highest BCUT2D eigenvalue weighted by molar-refractivity contribution is 7.71. The SMILES string of the molecule is C[C@H]1CC=Cc2c(-c3cccs3)ccc(=S)n21. The van der Waals surface area contributed by atoms with Crippen molar-refractivity contribution in [3.8, 4) is 10.4 Å². The molecule has 0 amide bonds. The van der Waals surface area contributed by atoms with E-state index in [1.165, 1.54) is 16.1 Å². The van der Waals surface area contributed by atoms with Crippen molar-refractivity contribution in [2.75, 3.05) is 0 Å². The van der Waals surface area contributed by atoms with Gasteiger partial charge < -0.3 is 4.57 Å². The molecule has 0 spiro atoms. The summed E-state index contributed by atoms with van der Waals surface area (Å²) in [6.07, 6.45) is 5.51. The number of nitrogens with zero attached hydrogens (tertiary/aromatic N) is 1. The molecule has 2 aromatic rings. The summed E-state index contributed by atoms with van der Waals surface area (Å²) >= 11 is 7.21. The predicted molar refractivity (Wildman–Crippen MR) is 76.9 cm³/mol. The standard InChI is InChI=1S/C14H13NS2/c1-10-4-2-5-12-11(13-6-3-9-17-13)7-8-14(16)15(10)12/h2-3,5-10H,4H2,1H3/t10-/m0/s1. The molecule has 1 atom stereocenters. The molecular formula is C14H13NS2. The van der Waals surface area contributed by atoms with Crippen molar-refractivity contribution in [2.24, 2.45) is 0 Å². The van der Waals surface area contributed by atoms with Gasteiger partial charge in [-0.3, -0.25) is 0 Å². The average molecular weight is 259 g/mol. The van der Waals surface area contributed by atoms with Crippen molar-refractivity contribution in [1.29, 1.82) is 0 Å². The zero-order valence-electron chi connectivity index (χ0n) is 9.59. The third-order valence-electron chi connectivity index (χ3n) is 3.15. The van der Waals surface area contributed by atoms with E-state index in [0.29, 0.717) is 6.04 Å². The van der Waals surface area contributed by atoms with Crippen LogP contribution in [0.15, 0.2) is 35.7 Å². The Morgan fingerprint density at radius 2 is 2.24 bits per heavy atom. The van der Waals surface area contributed by atoms with Gasteiger partial charge in [0.1, 0.15) is 4.64 Å². The summed E-state index contributed by atoms with van der Waals surface area (Å²) in [6, 6.07) is 8.90. The molecule has 0 aromatic carbocycles. The number of fused-ring (bicyclic) bond motifs is 1. The molecular weight excluding hydrogens is 246 g/mol. The second-order valence-corrected chi connectivity index (χ2v) is 5.67. The molecule has 86 valence electrons. The molecule has 0 N–H and O–H groups in total. The monoisotopic (exact) mass is 259 g/mol. The van der Waals surface area contributed by atoms with Gasteiger partial charge >= 0.3 is 0 Å². The van der Waals surface area contributed by atoms with Crippen LogP contribution in [0, 0.1) is 4.64 Å². The van der Waals surface area contributed by atoms with Crippen molar-refractivity contribution in [2.45, 2.75) is 19.4 Å². The molecule has 3 heterocycles. The minimum Gasteiger partial charge on any atom is -0.329 e. The highest BCUT2D eigenvalue weighted by Crippen LogP contribution is 2.33. The Hall–Kier alpha value is -1.19. The molecule has 0 aliphatic carbocycles. The minimum atomic E-state index is 0.461. The van der Waals surface area contributed by atoms with E-state index in [4.69, 9.17) is 12.2 Å². The largest absolute Gasteiger partial charge is 0.329 e. The Kier molecular flexibility index (Phi) is 2.73. The maximum atomic E-state index is 5.44. The van der Waals surface area contributed by atoms with E-state index in [2.05, 4.69) is 47.2 Å². The van der Waals surface area contributed by atoms with Crippen molar-refractivity contribution in [1.82, 2.24) is 4.57 Å². The number of thiophene rings is 1. The molecule has 1 nitrogen and oxygen atoms in total. The Morgan fingerprint density at radius 3 is 3.00 bits per heavy atom. The van der Waals surface area contributed by atoms with Crippen LogP contribution in [0.4, 0.5) is 0 Å². The van der Waals surface area contributed by atoms with Gasteiger partial charge in [-0.15, -0.1) is 11.3 Å². The molecule has 0 unspecified atom stereocenters. The van der Waals surface area contributed by atoms with Gasteiger partial charge in [-0.1, -0.05) is 24.4 Å². The molecule has 17 heavy (non-hydrogen) atoms. The highest BCUT2D eigenvalue weighted by atomic mass is 32.1. The maximum Gasteiger partial charge on any atom is 0.106 e. The summed E-state index contributed by atoms with van der Waals surface area (Å²) < 4.78 is 3.20. The lowest BCUT2D eigenvalue weighted by molar-refractivity contribution is 0.534. The van der Waals surface area contributed by atoms with Crippen molar-refractivity contribution in [3.05, 3.63) is 46.1 Å². The van der Waals surface area contributed by atoms with Gasteiger partial charge in [0.05, 0.1) is 5.69 Å². The summed E-state index contributed by atoms with van der Waals surface area (Å²) in [4.78, 5) is 1.31. The van der Waals surface area contributed by atoms with E-state index in [0.717, 1.165) is 11.1 Å². The van der Waals surface area contributed by atoms with Gasteiger partial charge in [0.25, 0.3) is 0 Å². The normalized spacial score (nSPS) is 18.1. The lowest BCUT2D eigenvalue weighted by Crippen LogP contribution is -2.13. The molecule has 3 heteroatoms. The quantitative estimate of drug-likeness (QED) is 0.658. The number of pyridine rings is 1. The van der Waals surface area contributed by atoms with E-state index in [-0.39, 0.29) is 0 Å². The molecule has 0 saturated heterocycles. The van der Waals surface area contributed by atoms with Gasteiger partial charge in [-0.2, -0.15) is 0 Å². The van der Waals surface area contributed by atoms with Crippen LogP contribution in [-0.4, -0.2) is 4.57 Å². The Balaban J connectivity index is 2.30. The van der Waals surface area contributed by atoms with E-state index in [1.54, 1.807) is 11.3 Å². The molecule has 1 aliphatic heterocycles. The summed E-state index contributed by atoms with van der Waals surface area (Å²) in [5.41, 5.74) is 2.54. The number of aromatic nitrogens is 1. The van der Waals surface area contributed by atoms with Gasteiger partial charge in [0.15, 0.2) is 0 Å². The van der Waals surface area contributed by atoms with E-state index < -0.39 is 0 Å². The number of hydrogen-bond acceptors (Lipinski definition) is 2. The summed E-state index contributed by atoms with van der Waals surface area (Å²) in [5, 5.41) is 2.12. The molecule has 0 radical (unpaired) electrons. The van der Waals surface area contributed by atoms with Crippen LogP contribution >= 0.6 is 23.6 Å². The first kappa shape index (κ1) is 10.9. The molecule has 0 fully saturated rings. The summed E-state index contributed by atoms with van der Waals surface area (Å²) in [7, 11) is 0. The number of allylic oxidation sites excluding steroid dienone is 1. The smallest absolute Gasteiger partial charge is 0.106 e. The van der Waals surface area contributed by atoms with Crippen molar-refractivity contribution in [3.63, 3.8) is 0 Å². The molecule has 2 aromatic heterocycles. The number of hydrogen-bond donors (Lipinski definition) is 0. The second-order valence-electron chi connectivity index (χ2n) is 4.30. The first-order chi connectivity index (χ1) is 8.27. The Labute approximate surface area is 110 Å². The molecule has 3 rings (SSSR count). The first-order valence-electron chi connectivity index (χ1n) is 5.73. The van der Waals surface area contributed by atoms with Crippen LogP contribution in [0.5, 0.6) is 0 Å². The fraction of sp³-hybridized carbons (Fsp3) is 0.214. The summed E-state index contributed by atoms with van der Waals surface area (Å²) in [6.45, 7) is 2.22. The highest BCUT2D eigenvalue weighted by Gasteiger charge is 2.15. The maximum absolute atomic E-state index is 5.44. The van der Waals surface area contributed by atoms with E-state index >= 15 is 0 Å². The van der Waals surface area contributed by atoms with E-state index in [1.807, 2.05) is 6.07 Å². The van der Waals surface area contributed by atoms with Gasteiger partial charge in [-0.25, -0.2) is 0 Å². The Morgan fingerprint density at radius 1 is 1.35 bits per heavy atom. The molecule has 0 saturated carbocycles. The van der Waals surface area contributed by atoms with Crippen LogP contribution in [-0.2, 0) is 0 Å². The zero-order valence-corrected chi connectivity index (χ0v) is 11.2. The van der Waals surface area contributed by atoms with E-state index in [9.17, 15) is 0 Å². The van der Waals surface area contributed by atoms with Crippen LogP contribution < -0.4 is 0 Å². The lowest BCUT2D eigenvalue weighted by atomic mass is 10.0. The van der Waals surface area contributed by atoms with Gasteiger partial charge in [0, 0.05) is 16.5 Å². The topological polar surface area (TPSA) is 4.93 Å². The zero-order chi connectivity index (χ0) is 11.8. The predicted octanol–water partition coefficient (Wildman–Crippen LogP) is 4.92. The molecule has 1 aliphatic rings. The second kappa shape index (κ2) is 4.24. The fourth-order valence-electron chi connectivity index (χ4n) is 2.32. The Bertz CT molecular complexity index is 620. The van der Waals surface area contributed by atoms with Crippen molar-refractivity contribution >= 4 is 29.6 Å².